The molecule has 0 aliphatic heterocycles. The van der Waals surface area contributed by atoms with Crippen LogP contribution in [0.2, 0.25) is 0 Å². The van der Waals surface area contributed by atoms with Crippen molar-refractivity contribution in [2.24, 2.45) is 5.92 Å². The van der Waals surface area contributed by atoms with Gasteiger partial charge in [-0.25, -0.2) is 4.79 Å². The molecule has 0 fully saturated rings. The number of aromatic hydroxyl groups is 1. The van der Waals surface area contributed by atoms with Gasteiger partial charge in [0.1, 0.15) is 17.1 Å². The summed E-state index contributed by atoms with van der Waals surface area (Å²) in [4.78, 5) is 23.0. The van der Waals surface area contributed by atoms with E-state index in [1.807, 2.05) is 13.8 Å². The van der Waals surface area contributed by atoms with Crippen molar-refractivity contribution in [3.8, 4) is 5.75 Å². The van der Waals surface area contributed by atoms with E-state index in [1.54, 1.807) is 6.08 Å². The van der Waals surface area contributed by atoms with Crippen molar-refractivity contribution in [3.63, 3.8) is 0 Å². The number of aryl methyl sites for hydroxylation is 1. The van der Waals surface area contributed by atoms with Crippen LogP contribution in [0.25, 0.3) is 0 Å². The fraction of sp³-hybridized carbons (Fsp3) is 0.333. The molecule has 86 valence electrons. The summed E-state index contributed by atoms with van der Waals surface area (Å²) in [6, 6.07) is 1.25. The first kappa shape index (κ1) is 12.2. The lowest BCUT2D eigenvalue weighted by atomic mass is 10.1. The molecule has 0 aliphatic rings. The molecule has 0 atom stereocenters. The van der Waals surface area contributed by atoms with Crippen molar-refractivity contribution in [3.05, 3.63) is 40.0 Å². The molecule has 4 nitrogen and oxygen atoms in total. The Labute approximate surface area is 93.2 Å². The Morgan fingerprint density at radius 3 is 2.62 bits per heavy atom. The minimum atomic E-state index is -0.809. The van der Waals surface area contributed by atoms with E-state index in [9.17, 15) is 14.7 Å². The van der Waals surface area contributed by atoms with E-state index >= 15 is 0 Å². The van der Waals surface area contributed by atoms with Gasteiger partial charge in [-0.15, -0.1) is 0 Å². The van der Waals surface area contributed by atoms with Gasteiger partial charge < -0.3 is 9.52 Å². The maximum absolute atomic E-state index is 11.6. The van der Waals surface area contributed by atoms with Gasteiger partial charge >= 0.3 is 5.63 Å². The molecule has 0 spiro atoms. The molecule has 1 rings (SSSR count). The predicted octanol–water partition coefficient (Wildman–Crippen LogP) is 2.05. The van der Waals surface area contributed by atoms with Gasteiger partial charge in [0.25, 0.3) is 0 Å². The lowest BCUT2D eigenvalue weighted by Gasteiger charge is -2.00. The SMILES string of the molecule is Cc1cc(O)c(C(=O)/C=C/C(C)C)c(=O)o1. The van der Waals surface area contributed by atoms with E-state index in [2.05, 4.69) is 0 Å². The molecule has 4 heteroatoms. The van der Waals surface area contributed by atoms with Crippen LogP contribution in [0.1, 0.15) is 30.0 Å². The van der Waals surface area contributed by atoms with Crippen molar-refractivity contribution in [2.45, 2.75) is 20.8 Å². The highest BCUT2D eigenvalue weighted by Crippen LogP contribution is 2.15. The van der Waals surface area contributed by atoms with Crippen LogP contribution in [0.4, 0.5) is 0 Å². The summed E-state index contributed by atoms with van der Waals surface area (Å²) in [5.41, 5.74) is -1.13. The van der Waals surface area contributed by atoms with E-state index < -0.39 is 11.4 Å². The van der Waals surface area contributed by atoms with E-state index in [0.717, 1.165) is 0 Å². The topological polar surface area (TPSA) is 67.5 Å². The molecule has 0 bridgehead atoms. The van der Waals surface area contributed by atoms with Gasteiger partial charge in [0.15, 0.2) is 5.78 Å². The van der Waals surface area contributed by atoms with Gasteiger partial charge in [-0.1, -0.05) is 19.9 Å². The number of allylic oxidation sites excluding steroid dienone is 2. The van der Waals surface area contributed by atoms with Gasteiger partial charge in [0.05, 0.1) is 0 Å². The van der Waals surface area contributed by atoms with Gasteiger partial charge in [-0.2, -0.15) is 0 Å². The van der Waals surface area contributed by atoms with Gasteiger partial charge in [-0.05, 0) is 18.9 Å². The largest absolute Gasteiger partial charge is 0.507 e. The first-order chi connectivity index (χ1) is 7.41. The number of hydrogen-bond donors (Lipinski definition) is 1. The van der Waals surface area contributed by atoms with E-state index in [0.29, 0.717) is 0 Å². The van der Waals surface area contributed by atoms with Crippen LogP contribution >= 0.6 is 0 Å². The van der Waals surface area contributed by atoms with Crippen molar-refractivity contribution >= 4 is 5.78 Å². The molecule has 1 N–H and O–H groups in total. The normalized spacial score (nSPS) is 11.2. The third kappa shape index (κ3) is 2.82. The summed E-state index contributed by atoms with van der Waals surface area (Å²) in [5, 5.41) is 9.49. The molecule has 1 aromatic heterocycles. The van der Waals surface area contributed by atoms with E-state index in [4.69, 9.17) is 4.42 Å². The molecule has 1 heterocycles. The van der Waals surface area contributed by atoms with Crippen LogP contribution in [-0.4, -0.2) is 10.9 Å². The van der Waals surface area contributed by atoms with Crippen LogP contribution < -0.4 is 5.63 Å². The molecule has 0 saturated heterocycles. The third-order valence-electron chi connectivity index (χ3n) is 1.93. The minimum Gasteiger partial charge on any atom is -0.507 e. The van der Waals surface area contributed by atoms with Crippen LogP contribution in [0.3, 0.4) is 0 Å². The highest BCUT2D eigenvalue weighted by molar-refractivity contribution is 6.06. The summed E-state index contributed by atoms with van der Waals surface area (Å²) in [6.07, 6.45) is 2.92. The van der Waals surface area contributed by atoms with Gasteiger partial charge in [0.2, 0.25) is 0 Å². The van der Waals surface area contributed by atoms with E-state index in [-0.39, 0.29) is 23.0 Å². The summed E-state index contributed by atoms with van der Waals surface area (Å²) in [6.45, 7) is 5.34. The fourth-order valence-corrected chi connectivity index (χ4v) is 1.19. The average Bonchev–Trinajstić information content (AvgIpc) is 2.12. The quantitative estimate of drug-likeness (QED) is 0.627. The first-order valence-electron chi connectivity index (χ1n) is 4.98. The predicted molar refractivity (Wildman–Crippen MR) is 59.7 cm³/mol. The number of hydrogen-bond acceptors (Lipinski definition) is 4. The van der Waals surface area contributed by atoms with Crippen LogP contribution in [0.5, 0.6) is 5.75 Å². The van der Waals surface area contributed by atoms with Crippen LogP contribution in [0, 0.1) is 12.8 Å². The summed E-state index contributed by atoms with van der Waals surface area (Å²) in [7, 11) is 0. The zero-order valence-electron chi connectivity index (χ0n) is 9.48. The molecule has 0 aliphatic carbocycles. The maximum Gasteiger partial charge on any atom is 0.351 e. The molecule has 0 unspecified atom stereocenters. The number of rotatable bonds is 3. The number of ketones is 1. The summed E-state index contributed by atoms with van der Waals surface area (Å²) in [5.74, 6) is -0.414. The molecule has 0 aromatic carbocycles. The standard InChI is InChI=1S/C12H14O4/c1-7(2)4-5-9(13)11-10(14)6-8(3)16-12(11)15/h4-7,14H,1-3H3/b5-4+. The second-order valence-corrected chi connectivity index (χ2v) is 3.87. The Hall–Kier alpha value is -1.84. The monoisotopic (exact) mass is 222 g/mol. The summed E-state index contributed by atoms with van der Waals surface area (Å²) >= 11 is 0. The molecular weight excluding hydrogens is 208 g/mol. The highest BCUT2D eigenvalue weighted by atomic mass is 16.4. The van der Waals surface area contributed by atoms with Crippen molar-refractivity contribution in [2.75, 3.05) is 0 Å². The first-order valence-corrected chi connectivity index (χ1v) is 4.98. The Bertz CT molecular complexity index is 480. The smallest absolute Gasteiger partial charge is 0.351 e. The van der Waals surface area contributed by atoms with Gasteiger partial charge in [0, 0.05) is 6.07 Å². The molecule has 0 amide bonds. The second kappa shape index (κ2) is 4.79. The van der Waals surface area contributed by atoms with E-state index in [1.165, 1.54) is 19.1 Å². The van der Waals surface area contributed by atoms with Crippen molar-refractivity contribution in [1.82, 2.24) is 0 Å². The van der Waals surface area contributed by atoms with Crippen molar-refractivity contribution in [1.29, 1.82) is 0 Å². The Morgan fingerprint density at radius 2 is 2.12 bits per heavy atom. The van der Waals surface area contributed by atoms with Gasteiger partial charge in [-0.3, -0.25) is 4.79 Å². The molecular formula is C12H14O4. The number of carbonyl (C=O) groups excluding carboxylic acids is 1. The van der Waals surface area contributed by atoms with Crippen LogP contribution in [0.15, 0.2) is 27.4 Å². The molecule has 0 radical (unpaired) electrons. The Kier molecular flexibility index (Phi) is 3.66. The highest BCUT2D eigenvalue weighted by Gasteiger charge is 2.15. The van der Waals surface area contributed by atoms with Crippen LogP contribution in [-0.2, 0) is 0 Å². The van der Waals surface area contributed by atoms with Crippen molar-refractivity contribution < 1.29 is 14.3 Å². The molecule has 16 heavy (non-hydrogen) atoms. The zero-order valence-corrected chi connectivity index (χ0v) is 9.48. The Balaban J connectivity index is 3.15. The lowest BCUT2D eigenvalue weighted by Crippen LogP contribution is -2.13. The summed E-state index contributed by atoms with van der Waals surface area (Å²) < 4.78 is 4.75. The molecule has 0 saturated carbocycles. The third-order valence-corrected chi connectivity index (χ3v) is 1.93. The lowest BCUT2D eigenvalue weighted by molar-refractivity contribution is 0.103. The zero-order chi connectivity index (χ0) is 12.3. The maximum atomic E-state index is 11.6. The molecule has 1 aromatic rings. The number of carbonyl (C=O) groups is 1. The fourth-order valence-electron chi connectivity index (χ4n) is 1.19. The second-order valence-electron chi connectivity index (χ2n) is 3.87. The average molecular weight is 222 g/mol. The Morgan fingerprint density at radius 1 is 1.50 bits per heavy atom. The minimum absolute atomic E-state index is 0.198.